The van der Waals surface area contributed by atoms with Crippen LogP contribution in [0.4, 0.5) is 5.69 Å². The Morgan fingerprint density at radius 1 is 0.885 bits per heavy atom. The molecule has 2 aromatic rings. The van der Waals surface area contributed by atoms with Gasteiger partial charge < -0.3 is 14.6 Å². The number of rotatable bonds is 3. The van der Waals surface area contributed by atoms with Crippen molar-refractivity contribution in [1.29, 1.82) is 0 Å². The van der Waals surface area contributed by atoms with E-state index in [0.29, 0.717) is 5.56 Å². The second kappa shape index (κ2) is 6.56. The lowest BCUT2D eigenvalue weighted by molar-refractivity contribution is 0.00578. The molecule has 1 aliphatic heterocycles. The van der Waals surface area contributed by atoms with E-state index in [9.17, 15) is 4.79 Å². The van der Waals surface area contributed by atoms with Crippen LogP contribution in [-0.2, 0) is 9.31 Å². The number of amides is 1. The third-order valence-corrected chi connectivity index (χ3v) is 5.43. The van der Waals surface area contributed by atoms with Crippen molar-refractivity contribution in [2.75, 3.05) is 5.32 Å². The molecular weight excluding hydrogens is 325 g/mol. The van der Waals surface area contributed by atoms with Gasteiger partial charge in [0.2, 0.25) is 0 Å². The number of hydrogen-bond donors (Lipinski definition) is 1. The molecule has 26 heavy (non-hydrogen) atoms. The Bertz CT molecular complexity index is 809. The van der Waals surface area contributed by atoms with Gasteiger partial charge in [-0.15, -0.1) is 0 Å². The third-order valence-electron chi connectivity index (χ3n) is 5.43. The SMILES string of the molecule is Cc1cccc(C)c1NC(=O)c1ccccc1B1OC(C)(C)C(C)(C)O1. The topological polar surface area (TPSA) is 47.6 Å². The number of carbonyl (C=O) groups is 1. The molecule has 1 amide bonds. The number of para-hydroxylation sites is 1. The average Bonchev–Trinajstić information content (AvgIpc) is 2.79. The van der Waals surface area contributed by atoms with Crippen molar-refractivity contribution in [2.24, 2.45) is 0 Å². The molecule has 1 heterocycles. The highest BCUT2D eigenvalue weighted by Gasteiger charge is 2.52. The van der Waals surface area contributed by atoms with Gasteiger partial charge in [0, 0.05) is 11.3 Å². The minimum Gasteiger partial charge on any atom is -0.399 e. The van der Waals surface area contributed by atoms with Crippen molar-refractivity contribution < 1.29 is 14.1 Å². The van der Waals surface area contributed by atoms with Crippen molar-refractivity contribution in [2.45, 2.75) is 52.7 Å². The van der Waals surface area contributed by atoms with E-state index in [2.05, 4.69) is 5.32 Å². The largest absolute Gasteiger partial charge is 0.495 e. The quantitative estimate of drug-likeness (QED) is 0.855. The molecule has 5 heteroatoms. The minimum absolute atomic E-state index is 0.160. The van der Waals surface area contributed by atoms with Crippen LogP contribution in [0.3, 0.4) is 0 Å². The van der Waals surface area contributed by atoms with Gasteiger partial charge in [0.15, 0.2) is 0 Å². The summed E-state index contributed by atoms with van der Waals surface area (Å²) in [6, 6.07) is 13.4. The summed E-state index contributed by atoms with van der Waals surface area (Å²) in [4.78, 5) is 13.0. The van der Waals surface area contributed by atoms with E-state index in [1.807, 2.05) is 84.0 Å². The summed E-state index contributed by atoms with van der Waals surface area (Å²) < 4.78 is 12.3. The molecule has 0 atom stereocenters. The zero-order valence-corrected chi connectivity index (χ0v) is 16.3. The molecule has 0 spiro atoms. The van der Waals surface area contributed by atoms with Gasteiger partial charge in [-0.1, -0.05) is 36.4 Å². The van der Waals surface area contributed by atoms with Gasteiger partial charge in [-0.2, -0.15) is 0 Å². The third kappa shape index (κ3) is 3.29. The Kier molecular flexibility index (Phi) is 4.71. The summed E-state index contributed by atoms with van der Waals surface area (Å²) in [6.45, 7) is 12.0. The molecule has 1 saturated heterocycles. The molecule has 0 bridgehead atoms. The van der Waals surface area contributed by atoms with Gasteiger partial charge >= 0.3 is 7.12 Å². The van der Waals surface area contributed by atoms with E-state index in [0.717, 1.165) is 22.3 Å². The Hall–Kier alpha value is -2.11. The lowest BCUT2D eigenvalue weighted by atomic mass is 9.75. The highest BCUT2D eigenvalue weighted by molar-refractivity contribution is 6.63. The van der Waals surface area contributed by atoms with Gasteiger partial charge in [0.05, 0.1) is 11.2 Å². The lowest BCUT2D eigenvalue weighted by Gasteiger charge is -2.32. The summed E-state index contributed by atoms with van der Waals surface area (Å²) in [6.07, 6.45) is 0. The van der Waals surface area contributed by atoms with Gasteiger partial charge in [-0.05, 0) is 64.2 Å². The van der Waals surface area contributed by atoms with E-state index in [1.54, 1.807) is 0 Å². The molecule has 4 nitrogen and oxygen atoms in total. The molecule has 0 aromatic heterocycles. The first-order valence-electron chi connectivity index (χ1n) is 8.94. The molecule has 0 saturated carbocycles. The Balaban J connectivity index is 1.92. The Morgan fingerprint density at radius 2 is 1.42 bits per heavy atom. The van der Waals surface area contributed by atoms with Crippen LogP contribution in [0.5, 0.6) is 0 Å². The van der Waals surface area contributed by atoms with Gasteiger partial charge in [0.1, 0.15) is 0 Å². The molecule has 2 aromatic carbocycles. The van der Waals surface area contributed by atoms with E-state index >= 15 is 0 Å². The van der Waals surface area contributed by atoms with Crippen molar-refractivity contribution in [3.63, 3.8) is 0 Å². The first-order chi connectivity index (χ1) is 12.1. The van der Waals surface area contributed by atoms with Gasteiger partial charge in [0.25, 0.3) is 5.91 Å². The fraction of sp³-hybridized carbons (Fsp3) is 0.381. The molecule has 0 unspecified atom stereocenters. The van der Waals surface area contributed by atoms with Gasteiger partial charge in [-0.25, -0.2) is 0 Å². The molecule has 3 rings (SSSR count). The lowest BCUT2D eigenvalue weighted by Crippen LogP contribution is -2.41. The minimum atomic E-state index is -0.570. The van der Waals surface area contributed by atoms with E-state index < -0.39 is 18.3 Å². The fourth-order valence-corrected chi connectivity index (χ4v) is 3.07. The Labute approximate surface area is 156 Å². The maximum atomic E-state index is 13.0. The molecule has 0 aliphatic carbocycles. The fourth-order valence-electron chi connectivity index (χ4n) is 3.07. The predicted molar refractivity (Wildman–Crippen MR) is 106 cm³/mol. The van der Waals surface area contributed by atoms with Crippen LogP contribution < -0.4 is 10.8 Å². The van der Waals surface area contributed by atoms with Crippen molar-refractivity contribution in [3.8, 4) is 0 Å². The number of nitrogens with one attached hydrogen (secondary N) is 1. The molecule has 136 valence electrons. The number of aryl methyl sites for hydroxylation is 2. The summed E-state index contributed by atoms with van der Waals surface area (Å²) in [5, 5.41) is 3.05. The van der Waals surface area contributed by atoms with Gasteiger partial charge in [-0.3, -0.25) is 4.79 Å². The zero-order valence-electron chi connectivity index (χ0n) is 16.3. The molecule has 1 aliphatic rings. The van der Waals surface area contributed by atoms with Crippen LogP contribution in [0, 0.1) is 13.8 Å². The second-order valence-electron chi connectivity index (χ2n) is 7.90. The average molecular weight is 351 g/mol. The summed E-state index contributed by atoms with van der Waals surface area (Å²) >= 11 is 0. The van der Waals surface area contributed by atoms with E-state index in [-0.39, 0.29) is 5.91 Å². The number of anilines is 1. The number of carbonyl (C=O) groups excluding carboxylic acids is 1. The van der Waals surface area contributed by atoms with Crippen LogP contribution in [0.2, 0.25) is 0 Å². The Morgan fingerprint density at radius 3 is 2.00 bits per heavy atom. The van der Waals surface area contributed by atoms with Crippen LogP contribution in [0.25, 0.3) is 0 Å². The summed E-state index contributed by atoms with van der Waals surface area (Å²) in [5.41, 5.74) is 3.32. The van der Waals surface area contributed by atoms with Crippen molar-refractivity contribution >= 4 is 24.2 Å². The van der Waals surface area contributed by atoms with E-state index in [1.165, 1.54) is 0 Å². The highest BCUT2D eigenvalue weighted by Crippen LogP contribution is 2.36. The second-order valence-corrected chi connectivity index (χ2v) is 7.90. The number of benzene rings is 2. The standard InChI is InChI=1S/C21H26BNO3/c1-14-10-9-11-15(2)18(14)23-19(24)16-12-7-8-13-17(16)22-25-20(3,4)21(5,6)26-22/h7-13H,1-6H3,(H,23,24). The summed E-state index contributed by atoms with van der Waals surface area (Å²) in [7, 11) is -0.570. The highest BCUT2D eigenvalue weighted by atomic mass is 16.7. The molecule has 1 fully saturated rings. The van der Waals surface area contributed by atoms with Crippen LogP contribution in [0.15, 0.2) is 42.5 Å². The first kappa shape index (κ1) is 18.7. The smallest absolute Gasteiger partial charge is 0.399 e. The van der Waals surface area contributed by atoms with Crippen LogP contribution in [-0.4, -0.2) is 24.2 Å². The normalized spacial score (nSPS) is 18.0. The molecule has 1 N–H and O–H groups in total. The maximum absolute atomic E-state index is 13.0. The first-order valence-corrected chi connectivity index (χ1v) is 8.94. The van der Waals surface area contributed by atoms with Crippen LogP contribution >= 0.6 is 0 Å². The van der Waals surface area contributed by atoms with Crippen LogP contribution in [0.1, 0.15) is 49.2 Å². The monoisotopic (exact) mass is 351 g/mol. The van der Waals surface area contributed by atoms with Crippen molar-refractivity contribution in [3.05, 3.63) is 59.2 Å². The summed E-state index contributed by atoms with van der Waals surface area (Å²) in [5.74, 6) is -0.160. The van der Waals surface area contributed by atoms with Crippen molar-refractivity contribution in [1.82, 2.24) is 0 Å². The maximum Gasteiger partial charge on any atom is 0.495 e. The molecule has 0 radical (unpaired) electrons. The predicted octanol–water partition coefficient (Wildman–Crippen LogP) is 3.85. The zero-order chi connectivity index (χ0) is 19.1. The number of hydrogen-bond acceptors (Lipinski definition) is 3. The van der Waals surface area contributed by atoms with E-state index in [4.69, 9.17) is 9.31 Å². The molecular formula is C21H26BNO3.